The van der Waals surface area contributed by atoms with Crippen LogP contribution in [0.5, 0.6) is 0 Å². The Balaban J connectivity index is 2.42. The van der Waals surface area contributed by atoms with Crippen molar-refractivity contribution >= 4 is 17.7 Å². The molecule has 2 N–H and O–H groups in total. The molecule has 0 aliphatic carbocycles. The number of nitrogens with zero attached hydrogens (tertiary/aromatic N) is 2. The highest BCUT2D eigenvalue weighted by Crippen LogP contribution is 2.00. The normalized spacial score (nSPS) is 12.5. The molecule has 0 saturated heterocycles. The summed E-state index contributed by atoms with van der Waals surface area (Å²) in [4.78, 5) is 15.5. The lowest BCUT2D eigenvalue weighted by molar-refractivity contribution is 0.0929. The van der Waals surface area contributed by atoms with E-state index in [4.69, 9.17) is 0 Å². The maximum absolute atomic E-state index is 11.6. The van der Waals surface area contributed by atoms with Gasteiger partial charge in [-0.15, -0.1) is 5.10 Å². The van der Waals surface area contributed by atoms with Crippen LogP contribution in [0.3, 0.4) is 0 Å². The van der Waals surface area contributed by atoms with E-state index in [0.717, 1.165) is 12.2 Å². The molecule has 1 unspecified atom stereocenters. The Labute approximate surface area is 93.4 Å². The molecule has 6 heteroatoms. The Morgan fingerprint density at radius 1 is 1.67 bits per heavy atom. The van der Waals surface area contributed by atoms with Gasteiger partial charge in [0.2, 0.25) is 5.82 Å². The van der Waals surface area contributed by atoms with Gasteiger partial charge in [0, 0.05) is 6.04 Å². The van der Waals surface area contributed by atoms with Crippen LogP contribution in [0.2, 0.25) is 0 Å². The third-order valence-electron chi connectivity index (χ3n) is 1.93. The Morgan fingerprint density at radius 3 is 2.93 bits per heavy atom. The number of thioether (sulfide) groups is 1. The molecule has 0 radical (unpaired) electrons. The summed E-state index contributed by atoms with van der Waals surface area (Å²) < 4.78 is 0. The van der Waals surface area contributed by atoms with Crippen LogP contribution in [0.1, 0.15) is 29.8 Å². The second-order valence-corrected chi connectivity index (χ2v) is 4.39. The van der Waals surface area contributed by atoms with E-state index in [1.165, 1.54) is 0 Å². The molecule has 1 amide bonds. The molecular formula is C9H16N4OS. The molecule has 1 aromatic rings. The first-order chi connectivity index (χ1) is 7.13. The minimum atomic E-state index is -0.215. The lowest BCUT2D eigenvalue weighted by atomic mass is 10.2. The summed E-state index contributed by atoms with van der Waals surface area (Å²) in [6, 6.07) is 0.156. The number of aryl methyl sites for hydroxylation is 1. The summed E-state index contributed by atoms with van der Waals surface area (Å²) in [7, 11) is 0. The molecule has 15 heavy (non-hydrogen) atoms. The van der Waals surface area contributed by atoms with Gasteiger partial charge in [0.1, 0.15) is 5.82 Å². The fourth-order valence-corrected chi connectivity index (χ4v) is 1.69. The number of carbonyl (C=O) groups is 1. The smallest absolute Gasteiger partial charge is 0.291 e. The third kappa shape index (κ3) is 3.91. The predicted octanol–water partition coefficient (Wildman–Crippen LogP) is 0.985. The molecule has 1 heterocycles. The number of hydrogen-bond donors (Lipinski definition) is 2. The molecule has 0 fully saturated rings. The topological polar surface area (TPSA) is 70.7 Å². The Kier molecular flexibility index (Phi) is 4.61. The van der Waals surface area contributed by atoms with Crippen molar-refractivity contribution in [2.75, 3.05) is 12.0 Å². The molecule has 0 bridgehead atoms. The number of amides is 1. The van der Waals surface area contributed by atoms with Crippen molar-refractivity contribution in [2.24, 2.45) is 0 Å². The standard InChI is InChI=1S/C9H16N4OS/c1-6(4-5-15-3)10-9(14)8-11-7(2)12-13-8/h6H,4-5H2,1-3H3,(H,10,14)(H,11,12,13). The number of aromatic amines is 1. The van der Waals surface area contributed by atoms with Gasteiger partial charge in [0.25, 0.3) is 5.91 Å². The lowest BCUT2D eigenvalue weighted by Crippen LogP contribution is -2.33. The predicted molar refractivity (Wildman–Crippen MR) is 61.0 cm³/mol. The van der Waals surface area contributed by atoms with Crippen molar-refractivity contribution in [3.8, 4) is 0 Å². The van der Waals surface area contributed by atoms with Crippen molar-refractivity contribution in [1.29, 1.82) is 0 Å². The van der Waals surface area contributed by atoms with Crippen molar-refractivity contribution < 1.29 is 4.79 Å². The van der Waals surface area contributed by atoms with Crippen molar-refractivity contribution in [3.05, 3.63) is 11.6 Å². The first-order valence-electron chi connectivity index (χ1n) is 4.82. The minimum absolute atomic E-state index is 0.156. The zero-order valence-corrected chi connectivity index (χ0v) is 10.0. The van der Waals surface area contributed by atoms with Gasteiger partial charge in [0.05, 0.1) is 0 Å². The van der Waals surface area contributed by atoms with Gasteiger partial charge in [-0.3, -0.25) is 9.89 Å². The van der Waals surface area contributed by atoms with Gasteiger partial charge in [-0.25, -0.2) is 4.98 Å². The molecule has 0 aliphatic rings. The zero-order chi connectivity index (χ0) is 11.3. The number of aromatic nitrogens is 3. The van der Waals surface area contributed by atoms with E-state index in [-0.39, 0.29) is 17.8 Å². The minimum Gasteiger partial charge on any atom is -0.347 e. The highest BCUT2D eigenvalue weighted by Gasteiger charge is 2.13. The summed E-state index contributed by atoms with van der Waals surface area (Å²) in [5.74, 6) is 1.68. The quantitative estimate of drug-likeness (QED) is 0.788. The van der Waals surface area contributed by atoms with E-state index in [2.05, 4.69) is 20.5 Å². The van der Waals surface area contributed by atoms with Crippen LogP contribution in [-0.4, -0.2) is 39.1 Å². The second-order valence-electron chi connectivity index (χ2n) is 3.40. The Morgan fingerprint density at radius 2 is 2.40 bits per heavy atom. The number of carbonyl (C=O) groups excluding carboxylic acids is 1. The van der Waals surface area contributed by atoms with E-state index < -0.39 is 0 Å². The van der Waals surface area contributed by atoms with Crippen molar-refractivity contribution in [3.63, 3.8) is 0 Å². The molecule has 1 atom stereocenters. The third-order valence-corrected chi connectivity index (χ3v) is 2.58. The monoisotopic (exact) mass is 228 g/mol. The number of nitrogens with one attached hydrogen (secondary N) is 2. The van der Waals surface area contributed by atoms with Crippen LogP contribution in [0.4, 0.5) is 0 Å². The van der Waals surface area contributed by atoms with E-state index >= 15 is 0 Å². The maximum atomic E-state index is 11.6. The van der Waals surface area contributed by atoms with Crippen LogP contribution in [0, 0.1) is 6.92 Å². The van der Waals surface area contributed by atoms with Gasteiger partial charge in [-0.05, 0) is 32.3 Å². The van der Waals surface area contributed by atoms with Gasteiger partial charge in [-0.1, -0.05) is 0 Å². The highest BCUT2D eigenvalue weighted by atomic mass is 32.2. The van der Waals surface area contributed by atoms with Crippen molar-refractivity contribution in [1.82, 2.24) is 20.5 Å². The van der Waals surface area contributed by atoms with Crippen molar-refractivity contribution in [2.45, 2.75) is 26.3 Å². The van der Waals surface area contributed by atoms with Crippen LogP contribution < -0.4 is 5.32 Å². The molecular weight excluding hydrogens is 212 g/mol. The first-order valence-corrected chi connectivity index (χ1v) is 6.21. The second kappa shape index (κ2) is 5.75. The van der Waals surface area contributed by atoms with Crippen LogP contribution in [0.25, 0.3) is 0 Å². The van der Waals surface area contributed by atoms with Crippen LogP contribution in [0.15, 0.2) is 0 Å². The summed E-state index contributed by atoms with van der Waals surface area (Å²) in [5.41, 5.74) is 0. The summed E-state index contributed by atoms with van der Waals surface area (Å²) >= 11 is 1.77. The summed E-state index contributed by atoms with van der Waals surface area (Å²) in [6.45, 7) is 3.74. The highest BCUT2D eigenvalue weighted by molar-refractivity contribution is 7.98. The average Bonchev–Trinajstić information content (AvgIpc) is 2.61. The molecule has 1 rings (SSSR count). The number of rotatable bonds is 5. The largest absolute Gasteiger partial charge is 0.347 e. The molecule has 5 nitrogen and oxygen atoms in total. The van der Waals surface area contributed by atoms with Crippen LogP contribution in [-0.2, 0) is 0 Å². The van der Waals surface area contributed by atoms with Gasteiger partial charge >= 0.3 is 0 Å². The van der Waals surface area contributed by atoms with Gasteiger partial charge in [0.15, 0.2) is 0 Å². The zero-order valence-electron chi connectivity index (χ0n) is 9.20. The molecule has 0 aliphatic heterocycles. The number of H-pyrrole nitrogens is 1. The maximum Gasteiger partial charge on any atom is 0.291 e. The molecule has 0 saturated carbocycles. The summed E-state index contributed by atoms with van der Waals surface area (Å²) in [5, 5.41) is 9.28. The van der Waals surface area contributed by atoms with E-state index in [9.17, 15) is 4.79 Å². The van der Waals surface area contributed by atoms with Gasteiger partial charge in [-0.2, -0.15) is 11.8 Å². The molecule has 84 valence electrons. The molecule has 0 spiro atoms. The first kappa shape index (κ1) is 12.0. The fourth-order valence-electron chi connectivity index (χ4n) is 1.10. The van der Waals surface area contributed by atoms with E-state index in [1.807, 2.05) is 13.2 Å². The Bertz CT molecular complexity index is 326. The summed E-state index contributed by atoms with van der Waals surface area (Å²) in [6.07, 6.45) is 3.00. The Hall–Kier alpha value is -1.04. The average molecular weight is 228 g/mol. The van der Waals surface area contributed by atoms with E-state index in [1.54, 1.807) is 18.7 Å². The lowest BCUT2D eigenvalue weighted by Gasteiger charge is -2.11. The molecule has 1 aromatic heterocycles. The number of hydrogen-bond acceptors (Lipinski definition) is 4. The molecule has 0 aromatic carbocycles. The van der Waals surface area contributed by atoms with E-state index in [0.29, 0.717) is 5.82 Å². The van der Waals surface area contributed by atoms with Crippen LogP contribution >= 0.6 is 11.8 Å². The SMILES string of the molecule is CSCCC(C)NC(=O)c1n[nH]c(C)n1. The fraction of sp³-hybridized carbons (Fsp3) is 0.667. The van der Waals surface area contributed by atoms with Gasteiger partial charge < -0.3 is 5.32 Å².